The Labute approximate surface area is 130 Å². The van der Waals surface area contributed by atoms with Crippen LogP contribution in [0.1, 0.15) is 23.5 Å². The van der Waals surface area contributed by atoms with Crippen molar-refractivity contribution in [3.63, 3.8) is 0 Å². The molecule has 22 heavy (non-hydrogen) atoms. The van der Waals surface area contributed by atoms with Crippen LogP contribution in [0.4, 0.5) is 0 Å². The molecular weight excluding hydrogens is 278 g/mol. The fourth-order valence-corrected chi connectivity index (χ4v) is 2.81. The van der Waals surface area contributed by atoms with E-state index in [2.05, 4.69) is 14.9 Å². The zero-order chi connectivity index (χ0) is 15.4. The van der Waals surface area contributed by atoms with E-state index in [1.165, 1.54) is 0 Å². The van der Waals surface area contributed by atoms with E-state index in [4.69, 9.17) is 4.74 Å². The SMILES string of the molecule is Cc1cn2c(n1)CC[C@@H](NC(=O)COCc1ccccc1)C2. The van der Waals surface area contributed by atoms with E-state index >= 15 is 0 Å². The summed E-state index contributed by atoms with van der Waals surface area (Å²) in [7, 11) is 0. The van der Waals surface area contributed by atoms with E-state index in [1.54, 1.807) is 0 Å². The van der Waals surface area contributed by atoms with Gasteiger partial charge in [0.1, 0.15) is 12.4 Å². The van der Waals surface area contributed by atoms with Crippen molar-refractivity contribution in [3.05, 3.63) is 53.6 Å². The molecule has 116 valence electrons. The fraction of sp³-hybridized carbons (Fsp3) is 0.412. The summed E-state index contributed by atoms with van der Waals surface area (Å²) in [6.45, 7) is 3.35. The topological polar surface area (TPSA) is 56.2 Å². The Kier molecular flexibility index (Phi) is 4.53. The molecule has 1 aliphatic heterocycles. The number of aryl methyl sites for hydroxylation is 2. The summed E-state index contributed by atoms with van der Waals surface area (Å²) >= 11 is 0. The highest BCUT2D eigenvalue weighted by molar-refractivity contribution is 5.77. The summed E-state index contributed by atoms with van der Waals surface area (Å²) < 4.78 is 7.60. The number of amides is 1. The van der Waals surface area contributed by atoms with Gasteiger partial charge in [0, 0.05) is 25.2 Å². The molecule has 1 aliphatic rings. The highest BCUT2D eigenvalue weighted by atomic mass is 16.5. The molecular formula is C17H21N3O2. The van der Waals surface area contributed by atoms with Crippen LogP contribution in [0.25, 0.3) is 0 Å². The lowest BCUT2D eigenvalue weighted by atomic mass is 10.1. The molecule has 0 fully saturated rings. The van der Waals surface area contributed by atoms with Gasteiger partial charge in [-0.1, -0.05) is 30.3 Å². The molecule has 0 bridgehead atoms. The van der Waals surface area contributed by atoms with Crippen LogP contribution in [0.15, 0.2) is 36.5 Å². The van der Waals surface area contributed by atoms with Gasteiger partial charge in [0.2, 0.25) is 5.91 Å². The molecule has 1 aromatic heterocycles. The third kappa shape index (κ3) is 3.74. The number of benzene rings is 1. The number of imidazole rings is 1. The van der Waals surface area contributed by atoms with Crippen molar-refractivity contribution in [1.29, 1.82) is 0 Å². The first-order valence-electron chi connectivity index (χ1n) is 7.64. The average molecular weight is 299 g/mol. The van der Waals surface area contributed by atoms with Gasteiger partial charge in [-0.25, -0.2) is 4.98 Å². The van der Waals surface area contributed by atoms with Crippen molar-refractivity contribution in [2.24, 2.45) is 0 Å². The van der Waals surface area contributed by atoms with Crippen LogP contribution in [0.2, 0.25) is 0 Å². The first-order valence-corrected chi connectivity index (χ1v) is 7.64. The molecule has 0 saturated heterocycles. The highest BCUT2D eigenvalue weighted by Crippen LogP contribution is 2.14. The number of aromatic nitrogens is 2. The van der Waals surface area contributed by atoms with Crippen LogP contribution in [0.3, 0.4) is 0 Å². The normalized spacial score (nSPS) is 17.0. The quantitative estimate of drug-likeness (QED) is 0.916. The maximum Gasteiger partial charge on any atom is 0.246 e. The Balaban J connectivity index is 1.43. The van der Waals surface area contributed by atoms with Crippen molar-refractivity contribution in [3.8, 4) is 0 Å². The monoisotopic (exact) mass is 299 g/mol. The number of rotatable bonds is 5. The molecule has 0 radical (unpaired) electrons. The minimum atomic E-state index is -0.0544. The fourth-order valence-electron chi connectivity index (χ4n) is 2.81. The molecule has 3 rings (SSSR count). The van der Waals surface area contributed by atoms with Gasteiger partial charge in [-0.05, 0) is 18.9 Å². The van der Waals surface area contributed by atoms with Gasteiger partial charge in [-0.3, -0.25) is 4.79 Å². The number of ether oxygens (including phenoxy) is 1. The van der Waals surface area contributed by atoms with Crippen LogP contribution >= 0.6 is 0 Å². The second-order valence-corrected chi connectivity index (χ2v) is 5.73. The van der Waals surface area contributed by atoms with Gasteiger partial charge in [0.15, 0.2) is 0 Å². The maximum absolute atomic E-state index is 12.0. The highest BCUT2D eigenvalue weighted by Gasteiger charge is 2.21. The molecule has 1 atom stereocenters. The Hall–Kier alpha value is -2.14. The van der Waals surface area contributed by atoms with Crippen molar-refractivity contribution >= 4 is 5.91 Å². The lowest BCUT2D eigenvalue weighted by Gasteiger charge is -2.24. The van der Waals surface area contributed by atoms with Gasteiger partial charge in [0.25, 0.3) is 0 Å². The summed E-state index contributed by atoms with van der Waals surface area (Å²) in [6.07, 6.45) is 3.88. The van der Waals surface area contributed by atoms with Crippen molar-refractivity contribution in [2.45, 2.75) is 39.0 Å². The molecule has 0 saturated carbocycles. The zero-order valence-corrected chi connectivity index (χ0v) is 12.8. The van der Waals surface area contributed by atoms with Gasteiger partial charge in [-0.2, -0.15) is 0 Å². The zero-order valence-electron chi connectivity index (χ0n) is 12.8. The Bertz CT molecular complexity index is 637. The number of nitrogens with zero attached hydrogens (tertiary/aromatic N) is 2. The third-order valence-electron chi connectivity index (χ3n) is 3.82. The van der Waals surface area contributed by atoms with E-state index in [0.29, 0.717) is 6.61 Å². The minimum Gasteiger partial charge on any atom is -0.367 e. The van der Waals surface area contributed by atoms with E-state index in [9.17, 15) is 4.79 Å². The lowest BCUT2D eigenvalue weighted by molar-refractivity contribution is -0.127. The third-order valence-corrected chi connectivity index (χ3v) is 3.82. The first kappa shape index (κ1) is 14.8. The van der Waals surface area contributed by atoms with Gasteiger partial charge in [0.05, 0.1) is 12.3 Å². The number of hydrogen-bond donors (Lipinski definition) is 1. The van der Waals surface area contributed by atoms with Crippen LogP contribution in [0, 0.1) is 6.92 Å². The first-order chi connectivity index (χ1) is 10.7. The van der Waals surface area contributed by atoms with Crippen LogP contribution in [0.5, 0.6) is 0 Å². The van der Waals surface area contributed by atoms with Crippen molar-refractivity contribution in [2.75, 3.05) is 6.61 Å². The van der Waals surface area contributed by atoms with E-state index in [0.717, 1.165) is 36.5 Å². The van der Waals surface area contributed by atoms with Crippen molar-refractivity contribution in [1.82, 2.24) is 14.9 Å². The molecule has 1 aromatic carbocycles. The van der Waals surface area contributed by atoms with E-state index < -0.39 is 0 Å². The molecule has 0 unspecified atom stereocenters. The predicted octanol–water partition coefficient (Wildman–Crippen LogP) is 1.84. The molecule has 2 heterocycles. The number of nitrogens with one attached hydrogen (secondary N) is 1. The van der Waals surface area contributed by atoms with E-state index in [-0.39, 0.29) is 18.6 Å². The predicted molar refractivity (Wildman–Crippen MR) is 83.3 cm³/mol. The summed E-state index contributed by atoms with van der Waals surface area (Å²) in [5.74, 6) is 1.06. The van der Waals surface area contributed by atoms with Crippen LogP contribution in [-0.2, 0) is 29.1 Å². The van der Waals surface area contributed by atoms with E-state index in [1.807, 2.05) is 43.5 Å². The molecule has 0 spiro atoms. The molecule has 5 heteroatoms. The number of fused-ring (bicyclic) bond motifs is 1. The minimum absolute atomic E-state index is 0.0544. The summed E-state index contributed by atoms with van der Waals surface area (Å²) in [5.41, 5.74) is 2.11. The van der Waals surface area contributed by atoms with Gasteiger partial charge in [-0.15, -0.1) is 0 Å². The Morgan fingerprint density at radius 1 is 1.41 bits per heavy atom. The molecule has 2 aromatic rings. The molecule has 1 amide bonds. The smallest absolute Gasteiger partial charge is 0.246 e. The van der Waals surface area contributed by atoms with Gasteiger partial charge < -0.3 is 14.6 Å². The molecule has 5 nitrogen and oxygen atoms in total. The maximum atomic E-state index is 12.0. The number of carbonyl (C=O) groups excluding carboxylic acids is 1. The Morgan fingerprint density at radius 3 is 3.05 bits per heavy atom. The Morgan fingerprint density at radius 2 is 2.23 bits per heavy atom. The average Bonchev–Trinajstić information content (AvgIpc) is 2.87. The second kappa shape index (κ2) is 6.75. The van der Waals surface area contributed by atoms with Crippen LogP contribution < -0.4 is 5.32 Å². The standard InChI is InChI=1S/C17H21N3O2/c1-13-9-20-10-15(7-8-16(20)18-13)19-17(21)12-22-11-14-5-3-2-4-6-14/h2-6,9,15H,7-8,10-12H2,1H3,(H,19,21)/t15-/m1/s1. The van der Waals surface area contributed by atoms with Gasteiger partial charge >= 0.3 is 0 Å². The largest absolute Gasteiger partial charge is 0.367 e. The number of carbonyl (C=O) groups is 1. The van der Waals surface area contributed by atoms with Crippen LogP contribution in [-0.4, -0.2) is 28.1 Å². The number of hydrogen-bond acceptors (Lipinski definition) is 3. The molecule has 0 aliphatic carbocycles. The lowest BCUT2D eigenvalue weighted by Crippen LogP contribution is -2.42. The van der Waals surface area contributed by atoms with Crippen molar-refractivity contribution < 1.29 is 9.53 Å². The molecule has 1 N–H and O–H groups in total. The summed E-state index contributed by atoms with van der Waals surface area (Å²) in [5, 5.41) is 3.04. The summed E-state index contributed by atoms with van der Waals surface area (Å²) in [6, 6.07) is 10.0. The second-order valence-electron chi connectivity index (χ2n) is 5.73. The summed E-state index contributed by atoms with van der Waals surface area (Å²) in [4.78, 5) is 16.4.